The summed E-state index contributed by atoms with van der Waals surface area (Å²) in [7, 11) is 2.98. The molecule has 0 saturated carbocycles. The number of rotatable bonds is 8. The molecule has 0 radical (unpaired) electrons. The minimum atomic E-state index is -0.684. The second kappa shape index (κ2) is 11.8. The van der Waals surface area contributed by atoms with Crippen LogP contribution in [0.2, 0.25) is 10.0 Å². The van der Waals surface area contributed by atoms with Gasteiger partial charge in [0.15, 0.2) is 17.2 Å². The van der Waals surface area contributed by atoms with Crippen molar-refractivity contribution in [2.45, 2.75) is 19.8 Å². The van der Waals surface area contributed by atoms with E-state index in [4.69, 9.17) is 52.6 Å². The van der Waals surface area contributed by atoms with Gasteiger partial charge in [0.2, 0.25) is 5.88 Å². The summed E-state index contributed by atoms with van der Waals surface area (Å²) in [5.74, 6) is 0.980. The SMILES string of the molecule is COc1cc(C2C(C#N)=C(N)Oc3cc(OC(=O)c4cc(Cl)c(OC)c(Cl)c4)ccc32)ccc1OCC(C)C. The second-order valence-electron chi connectivity index (χ2n) is 9.10. The summed E-state index contributed by atoms with van der Waals surface area (Å²) in [5.41, 5.74) is 7.94. The number of fused-ring (bicyclic) bond motifs is 1. The van der Waals surface area contributed by atoms with Crippen molar-refractivity contribution in [1.82, 2.24) is 0 Å². The van der Waals surface area contributed by atoms with Crippen molar-refractivity contribution in [1.29, 1.82) is 5.26 Å². The summed E-state index contributed by atoms with van der Waals surface area (Å²) in [6, 6.07) is 15.3. The van der Waals surface area contributed by atoms with E-state index in [1.54, 1.807) is 25.3 Å². The van der Waals surface area contributed by atoms with Crippen LogP contribution in [0.3, 0.4) is 0 Å². The van der Waals surface area contributed by atoms with Crippen LogP contribution < -0.4 is 29.4 Å². The normalized spacial score (nSPS) is 14.3. The standard InChI is InChI=1S/C29H26Cl2N2O6/c1-15(2)14-37-23-8-5-16(11-25(23)35-3)26-19-7-6-18(12-24(19)39-28(33)20(26)13-32)38-29(34)17-9-21(30)27(36-4)22(31)10-17/h5-12,15,26H,14,33H2,1-4H3. The summed E-state index contributed by atoms with van der Waals surface area (Å²) < 4.78 is 27.8. The Hall–Kier alpha value is -4.06. The third kappa shape index (κ3) is 5.85. The molecule has 202 valence electrons. The number of ether oxygens (including phenoxy) is 5. The number of methoxy groups -OCH3 is 2. The van der Waals surface area contributed by atoms with E-state index >= 15 is 0 Å². The van der Waals surface area contributed by atoms with Crippen LogP contribution in [0.4, 0.5) is 0 Å². The average molecular weight is 569 g/mol. The highest BCUT2D eigenvalue weighted by molar-refractivity contribution is 6.37. The predicted octanol–water partition coefficient (Wildman–Crippen LogP) is 6.48. The largest absolute Gasteiger partial charge is 0.494 e. The molecule has 10 heteroatoms. The summed E-state index contributed by atoms with van der Waals surface area (Å²) in [6.07, 6.45) is 0. The third-order valence-corrected chi connectivity index (χ3v) is 6.49. The molecule has 1 heterocycles. The first-order valence-electron chi connectivity index (χ1n) is 11.9. The van der Waals surface area contributed by atoms with Gasteiger partial charge in [-0.3, -0.25) is 0 Å². The number of hydrogen-bond acceptors (Lipinski definition) is 8. The smallest absolute Gasteiger partial charge is 0.343 e. The van der Waals surface area contributed by atoms with E-state index in [9.17, 15) is 10.1 Å². The van der Waals surface area contributed by atoms with Crippen molar-refractivity contribution in [2.75, 3.05) is 20.8 Å². The Morgan fingerprint density at radius 1 is 1.05 bits per heavy atom. The van der Waals surface area contributed by atoms with Gasteiger partial charge in [-0.1, -0.05) is 49.2 Å². The molecular formula is C29H26Cl2N2O6. The van der Waals surface area contributed by atoms with Crippen LogP contribution in [0.25, 0.3) is 0 Å². The van der Waals surface area contributed by atoms with Crippen molar-refractivity contribution < 1.29 is 28.5 Å². The van der Waals surface area contributed by atoms with Gasteiger partial charge in [-0.05, 0) is 41.8 Å². The van der Waals surface area contributed by atoms with Crippen molar-refractivity contribution in [3.05, 3.63) is 86.7 Å². The van der Waals surface area contributed by atoms with E-state index < -0.39 is 11.9 Å². The number of allylic oxidation sites excluding steroid dienone is 1. The molecule has 0 aliphatic carbocycles. The van der Waals surface area contributed by atoms with Crippen LogP contribution in [0.5, 0.6) is 28.7 Å². The first-order chi connectivity index (χ1) is 18.7. The van der Waals surface area contributed by atoms with Gasteiger partial charge in [0.1, 0.15) is 23.1 Å². The number of nitrogens with two attached hydrogens (primary N) is 1. The number of nitriles is 1. The quantitative estimate of drug-likeness (QED) is 0.242. The maximum Gasteiger partial charge on any atom is 0.343 e. The summed E-state index contributed by atoms with van der Waals surface area (Å²) >= 11 is 12.3. The summed E-state index contributed by atoms with van der Waals surface area (Å²) in [4.78, 5) is 12.8. The van der Waals surface area contributed by atoms with E-state index in [-0.39, 0.29) is 38.6 Å². The van der Waals surface area contributed by atoms with Crippen LogP contribution in [-0.2, 0) is 0 Å². The Bertz CT molecular complexity index is 1470. The maximum absolute atomic E-state index is 12.8. The highest BCUT2D eigenvalue weighted by Crippen LogP contribution is 2.45. The second-order valence-corrected chi connectivity index (χ2v) is 9.92. The highest BCUT2D eigenvalue weighted by Gasteiger charge is 2.32. The number of halogens is 2. The van der Waals surface area contributed by atoms with Crippen molar-refractivity contribution >= 4 is 29.2 Å². The first-order valence-corrected chi connectivity index (χ1v) is 12.7. The molecule has 1 aliphatic rings. The van der Waals surface area contributed by atoms with Crippen LogP contribution in [0.1, 0.15) is 41.3 Å². The Kier molecular flexibility index (Phi) is 8.44. The lowest BCUT2D eigenvalue weighted by Crippen LogP contribution is -2.21. The van der Waals surface area contributed by atoms with Gasteiger partial charge in [0, 0.05) is 11.6 Å². The van der Waals surface area contributed by atoms with Gasteiger partial charge in [-0.25, -0.2) is 4.79 Å². The van der Waals surface area contributed by atoms with Crippen LogP contribution in [-0.4, -0.2) is 26.8 Å². The van der Waals surface area contributed by atoms with Crippen molar-refractivity contribution in [3.63, 3.8) is 0 Å². The van der Waals surface area contributed by atoms with Crippen molar-refractivity contribution in [2.24, 2.45) is 11.7 Å². The Balaban J connectivity index is 1.67. The van der Waals surface area contributed by atoms with E-state index in [1.807, 2.05) is 12.1 Å². The molecule has 2 N–H and O–H groups in total. The number of carbonyl (C=O) groups excluding carboxylic acids is 1. The number of esters is 1. The molecule has 1 aliphatic heterocycles. The van der Waals surface area contributed by atoms with E-state index in [2.05, 4.69) is 19.9 Å². The molecular weight excluding hydrogens is 543 g/mol. The fraction of sp³-hybridized carbons (Fsp3) is 0.241. The fourth-order valence-corrected chi connectivity index (χ4v) is 4.76. The molecule has 0 bridgehead atoms. The number of carbonyl (C=O) groups is 1. The Morgan fingerprint density at radius 3 is 2.38 bits per heavy atom. The van der Waals surface area contributed by atoms with Gasteiger partial charge in [0.05, 0.1) is 42.4 Å². The minimum Gasteiger partial charge on any atom is -0.494 e. The average Bonchev–Trinajstić information content (AvgIpc) is 2.90. The fourth-order valence-electron chi connectivity index (χ4n) is 4.12. The molecule has 1 atom stereocenters. The van der Waals surface area contributed by atoms with E-state index in [0.29, 0.717) is 35.3 Å². The van der Waals surface area contributed by atoms with Gasteiger partial charge in [-0.2, -0.15) is 5.26 Å². The van der Waals surface area contributed by atoms with Gasteiger partial charge in [-0.15, -0.1) is 0 Å². The summed E-state index contributed by atoms with van der Waals surface area (Å²) in [6.45, 7) is 4.64. The van der Waals surface area contributed by atoms with Crippen LogP contribution in [0.15, 0.2) is 60.0 Å². The third-order valence-electron chi connectivity index (χ3n) is 5.93. The topological polar surface area (TPSA) is 113 Å². The lowest BCUT2D eigenvalue weighted by Gasteiger charge is -2.27. The highest BCUT2D eigenvalue weighted by atomic mass is 35.5. The number of benzene rings is 3. The Labute approximate surface area is 236 Å². The molecule has 0 saturated heterocycles. The molecule has 8 nitrogen and oxygen atoms in total. The molecule has 39 heavy (non-hydrogen) atoms. The van der Waals surface area contributed by atoms with Crippen molar-refractivity contribution in [3.8, 4) is 34.8 Å². The van der Waals surface area contributed by atoms with Gasteiger partial charge < -0.3 is 29.4 Å². The molecule has 0 fully saturated rings. The first kappa shape index (κ1) is 28.0. The molecule has 0 aromatic heterocycles. The lowest BCUT2D eigenvalue weighted by molar-refractivity contribution is 0.0734. The molecule has 4 rings (SSSR count). The van der Waals surface area contributed by atoms with Gasteiger partial charge >= 0.3 is 5.97 Å². The maximum atomic E-state index is 12.8. The molecule has 0 spiro atoms. The van der Waals surface area contributed by atoms with E-state index in [0.717, 1.165) is 5.56 Å². The summed E-state index contributed by atoms with van der Waals surface area (Å²) in [5, 5.41) is 10.2. The minimum absolute atomic E-state index is 0.0497. The molecule has 0 amide bonds. The number of hydrogen-bond donors (Lipinski definition) is 1. The molecule has 3 aromatic rings. The van der Waals surface area contributed by atoms with Crippen LogP contribution in [0, 0.1) is 17.2 Å². The monoisotopic (exact) mass is 568 g/mol. The molecule has 3 aromatic carbocycles. The predicted molar refractivity (Wildman–Crippen MR) is 147 cm³/mol. The zero-order chi connectivity index (χ0) is 28.3. The lowest BCUT2D eigenvalue weighted by atomic mass is 9.83. The molecule has 1 unspecified atom stereocenters. The van der Waals surface area contributed by atoms with E-state index in [1.165, 1.54) is 25.3 Å². The zero-order valence-corrected chi connectivity index (χ0v) is 23.2. The van der Waals surface area contributed by atoms with Gasteiger partial charge in [0.25, 0.3) is 0 Å². The van der Waals surface area contributed by atoms with Crippen LogP contribution >= 0.6 is 23.2 Å². The zero-order valence-electron chi connectivity index (χ0n) is 21.7. The Morgan fingerprint density at radius 2 is 1.77 bits per heavy atom. The number of nitrogens with zero attached hydrogens (tertiary/aromatic N) is 1.